The largest absolute Gasteiger partial charge is 0.497 e. The lowest BCUT2D eigenvalue weighted by atomic mass is 9.99. The van der Waals surface area contributed by atoms with E-state index in [0.29, 0.717) is 19.4 Å². The maximum absolute atomic E-state index is 11.8. The number of aliphatic carboxylic acids is 1. The highest BCUT2D eigenvalue weighted by atomic mass is 16.5. The molecule has 0 unspecified atom stereocenters. The van der Waals surface area contributed by atoms with Crippen LogP contribution in [0.15, 0.2) is 24.3 Å². The lowest BCUT2D eigenvalue weighted by molar-refractivity contribution is -0.140. The number of rotatable bonds is 8. The van der Waals surface area contributed by atoms with Gasteiger partial charge in [-0.3, -0.25) is 0 Å². The van der Waals surface area contributed by atoms with E-state index in [-0.39, 0.29) is 5.92 Å². The molecule has 0 bridgehead atoms. The molecule has 2 amide bonds. The lowest BCUT2D eigenvalue weighted by Crippen LogP contribution is -2.49. The Kier molecular flexibility index (Phi) is 7.22. The molecule has 1 rings (SSSR count). The molecule has 0 aromatic heterocycles. The van der Waals surface area contributed by atoms with Crippen molar-refractivity contribution in [1.29, 1.82) is 0 Å². The molecule has 0 saturated heterocycles. The molecular weight excluding hydrogens is 284 g/mol. The molecule has 6 heteroatoms. The highest BCUT2D eigenvalue weighted by Crippen LogP contribution is 2.11. The van der Waals surface area contributed by atoms with Gasteiger partial charge in [0.05, 0.1) is 7.11 Å². The predicted octanol–water partition coefficient (Wildman–Crippen LogP) is 2.04. The molecule has 0 heterocycles. The standard InChI is InChI=1S/C16H24N2O4/c1-4-11(2)14(15(19)20)18-16(21)17-10-9-12-5-7-13(22-3)8-6-12/h5-8,11,14H,4,9-10H2,1-3H3,(H,19,20)(H2,17,18,21)/t11-,14-/m0/s1. The van der Waals surface area contributed by atoms with Crippen molar-refractivity contribution in [3.63, 3.8) is 0 Å². The number of carboxylic acid groups (broad SMARTS) is 1. The monoisotopic (exact) mass is 308 g/mol. The summed E-state index contributed by atoms with van der Waals surface area (Å²) in [5, 5.41) is 14.3. The molecule has 3 N–H and O–H groups in total. The molecule has 0 radical (unpaired) electrons. The van der Waals surface area contributed by atoms with Crippen LogP contribution in [0.5, 0.6) is 5.75 Å². The fraction of sp³-hybridized carbons (Fsp3) is 0.500. The summed E-state index contributed by atoms with van der Waals surface area (Å²) >= 11 is 0. The fourth-order valence-electron chi connectivity index (χ4n) is 1.99. The number of carboxylic acids is 1. The second-order valence-electron chi connectivity index (χ2n) is 5.20. The maximum atomic E-state index is 11.8. The van der Waals surface area contributed by atoms with Gasteiger partial charge in [0.2, 0.25) is 0 Å². The van der Waals surface area contributed by atoms with Crippen molar-refractivity contribution in [2.24, 2.45) is 5.92 Å². The van der Waals surface area contributed by atoms with E-state index in [4.69, 9.17) is 9.84 Å². The van der Waals surface area contributed by atoms with Gasteiger partial charge in [0, 0.05) is 6.54 Å². The number of amides is 2. The Morgan fingerprint density at radius 3 is 2.41 bits per heavy atom. The Hall–Kier alpha value is -2.24. The van der Waals surface area contributed by atoms with Crippen LogP contribution in [0.3, 0.4) is 0 Å². The number of benzene rings is 1. The number of carbonyl (C=O) groups excluding carboxylic acids is 1. The van der Waals surface area contributed by atoms with Crippen LogP contribution in [0.25, 0.3) is 0 Å². The van der Waals surface area contributed by atoms with E-state index in [1.54, 1.807) is 14.0 Å². The first kappa shape index (κ1) is 17.8. The molecule has 0 aliphatic carbocycles. The highest BCUT2D eigenvalue weighted by Gasteiger charge is 2.24. The van der Waals surface area contributed by atoms with Crippen molar-refractivity contribution in [1.82, 2.24) is 10.6 Å². The van der Waals surface area contributed by atoms with Crippen LogP contribution in [0, 0.1) is 5.92 Å². The number of carbonyl (C=O) groups is 2. The maximum Gasteiger partial charge on any atom is 0.326 e. The third kappa shape index (κ3) is 5.63. The topological polar surface area (TPSA) is 87.7 Å². The van der Waals surface area contributed by atoms with Crippen LogP contribution in [0.2, 0.25) is 0 Å². The number of hydrogen-bond donors (Lipinski definition) is 3. The lowest BCUT2D eigenvalue weighted by Gasteiger charge is -2.20. The molecule has 22 heavy (non-hydrogen) atoms. The summed E-state index contributed by atoms with van der Waals surface area (Å²) in [6, 6.07) is 6.25. The van der Waals surface area contributed by atoms with E-state index >= 15 is 0 Å². The van der Waals surface area contributed by atoms with E-state index in [1.807, 2.05) is 31.2 Å². The summed E-state index contributed by atoms with van der Waals surface area (Å²) in [6.45, 7) is 4.13. The third-order valence-electron chi connectivity index (χ3n) is 3.62. The molecule has 6 nitrogen and oxygen atoms in total. The fourth-order valence-corrected chi connectivity index (χ4v) is 1.99. The minimum atomic E-state index is -1.01. The molecule has 0 aliphatic heterocycles. The summed E-state index contributed by atoms with van der Waals surface area (Å²) < 4.78 is 5.08. The van der Waals surface area contributed by atoms with Gasteiger partial charge >= 0.3 is 12.0 Å². The zero-order chi connectivity index (χ0) is 16.5. The minimum absolute atomic E-state index is 0.121. The number of ether oxygens (including phenoxy) is 1. The first-order valence-electron chi connectivity index (χ1n) is 7.38. The third-order valence-corrected chi connectivity index (χ3v) is 3.62. The molecule has 0 saturated carbocycles. The smallest absolute Gasteiger partial charge is 0.326 e. The zero-order valence-corrected chi connectivity index (χ0v) is 13.3. The first-order valence-corrected chi connectivity index (χ1v) is 7.38. The van der Waals surface area contributed by atoms with Gasteiger partial charge in [-0.2, -0.15) is 0 Å². The highest BCUT2D eigenvalue weighted by molar-refractivity contribution is 5.82. The molecule has 1 aromatic carbocycles. The molecule has 0 fully saturated rings. The summed E-state index contributed by atoms with van der Waals surface area (Å²) in [5.74, 6) is -0.350. The second-order valence-corrected chi connectivity index (χ2v) is 5.20. The summed E-state index contributed by atoms with van der Waals surface area (Å²) in [6.07, 6.45) is 1.35. The minimum Gasteiger partial charge on any atom is -0.497 e. The van der Waals surface area contributed by atoms with Crippen LogP contribution in [-0.2, 0) is 11.2 Å². The van der Waals surface area contributed by atoms with Crippen molar-refractivity contribution < 1.29 is 19.4 Å². The summed E-state index contributed by atoms with van der Waals surface area (Å²) in [4.78, 5) is 22.9. The Bertz CT molecular complexity index is 487. The van der Waals surface area contributed by atoms with Gasteiger partial charge in [0.15, 0.2) is 0 Å². The predicted molar refractivity (Wildman–Crippen MR) is 84.1 cm³/mol. The Labute approximate surface area is 130 Å². The molecule has 1 aromatic rings. The van der Waals surface area contributed by atoms with Crippen molar-refractivity contribution in [3.05, 3.63) is 29.8 Å². The van der Waals surface area contributed by atoms with E-state index < -0.39 is 18.0 Å². The quantitative estimate of drug-likeness (QED) is 0.686. The van der Waals surface area contributed by atoms with Gasteiger partial charge in [0.25, 0.3) is 0 Å². The average molecular weight is 308 g/mol. The molecule has 2 atom stereocenters. The van der Waals surface area contributed by atoms with Crippen LogP contribution in [0.1, 0.15) is 25.8 Å². The normalized spacial score (nSPS) is 13.0. The molecular formula is C16H24N2O4. The van der Waals surface area contributed by atoms with Crippen molar-refractivity contribution in [2.75, 3.05) is 13.7 Å². The van der Waals surface area contributed by atoms with E-state index in [2.05, 4.69) is 10.6 Å². The number of nitrogens with one attached hydrogen (secondary N) is 2. The molecule has 0 spiro atoms. The molecule has 0 aliphatic rings. The van der Waals surface area contributed by atoms with Gasteiger partial charge in [-0.15, -0.1) is 0 Å². The van der Waals surface area contributed by atoms with E-state index in [9.17, 15) is 9.59 Å². The zero-order valence-electron chi connectivity index (χ0n) is 13.3. The van der Waals surface area contributed by atoms with E-state index in [1.165, 1.54) is 0 Å². The average Bonchev–Trinajstić information content (AvgIpc) is 2.52. The van der Waals surface area contributed by atoms with Crippen LogP contribution in [0.4, 0.5) is 4.79 Å². The Morgan fingerprint density at radius 1 is 1.27 bits per heavy atom. The Morgan fingerprint density at radius 2 is 1.91 bits per heavy atom. The second kappa shape index (κ2) is 8.92. The van der Waals surface area contributed by atoms with Gasteiger partial charge < -0.3 is 20.5 Å². The Balaban J connectivity index is 2.39. The number of urea groups is 1. The van der Waals surface area contributed by atoms with E-state index in [0.717, 1.165) is 11.3 Å². The SMILES string of the molecule is CC[C@H](C)[C@H](NC(=O)NCCc1ccc(OC)cc1)C(=O)O. The van der Waals surface area contributed by atoms with Gasteiger partial charge in [-0.1, -0.05) is 32.4 Å². The van der Waals surface area contributed by atoms with Crippen molar-refractivity contribution in [3.8, 4) is 5.75 Å². The summed E-state index contributed by atoms with van der Waals surface area (Å²) in [7, 11) is 1.61. The number of hydrogen-bond acceptors (Lipinski definition) is 3. The van der Waals surface area contributed by atoms with Crippen molar-refractivity contribution >= 4 is 12.0 Å². The van der Waals surface area contributed by atoms with Gasteiger partial charge in [-0.25, -0.2) is 9.59 Å². The number of methoxy groups -OCH3 is 1. The van der Waals surface area contributed by atoms with Gasteiger partial charge in [0.1, 0.15) is 11.8 Å². The van der Waals surface area contributed by atoms with Gasteiger partial charge in [-0.05, 0) is 30.0 Å². The molecule has 122 valence electrons. The van der Waals surface area contributed by atoms with Crippen LogP contribution >= 0.6 is 0 Å². The van der Waals surface area contributed by atoms with Crippen molar-refractivity contribution in [2.45, 2.75) is 32.7 Å². The first-order chi connectivity index (χ1) is 10.5. The van der Waals surface area contributed by atoms with Crippen LogP contribution in [-0.4, -0.2) is 36.8 Å². The summed E-state index contributed by atoms with van der Waals surface area (Å²) in [5.41, 5.74) is 1.07. The van der Waals surface area contributed by atoms with Crippen LogP contribution < -0.4 is 15.4 Å².